The van der Waals surface area contributed by atoms with Gasteiger partial charge >= 0.3 is 5.97 Å². The molecule has 1 aliphatic heterocycles. The number of benzene rings is 1. The van der Waals surface area contributed by atoms with Crippen molar-refractivity contribution in [2.45, 2.75) is 52.0 Å². The van der Waals surface area contributed by atoms with Crippen LogP contribution in [0, 0.1) is 5.92 Å². The lowest BCUT2D eigenvalue weighted by Crippen LogP contribution is -2.46. The van der Waals surface area contributed by atoms with E-state index in [2.05, 4.69) is 6.92 Å². The second-order valence-electron chi connectivity index (χ2n) is 7.59. The Hall–Kier alpha value is -2.18. The maximum Gasteiger partial charge on any atom is 0.348 e. The summed E-state index contributed by atoms with van der Waals surface area (Å²) in [5.41, 5.74) is 1.49. The minimum absolute atomic E-state index is 0.0188. The Kier molecular flexibility index (Phi) is 7.45. The van der Waals surface area contributed by atoms with Gasteiger partial charge in [-0.3, -0.25) is 4.79 Å². The van der Waals surface area contributed by atoms with Crippen LogP contribution in [0.1, 0.15) is 55.6 Å². The Morgan fingerprint density at radius 1 is 1.24 bits per heavy atom. The first-order valence-electron chi connectivity index (χ1n) is 10.4. The normalized spacial score (nSPS) is 15.8. The number of carbonyl (C=O) groups is 2. The highest BCUT2D eigenvalue weighted by Crippen LogP contribution is 2.39. The molecule has 3 rings (SSSR count). The molecule has 1 amide bonds. The van der Waals surface area contributed by atoms with Gasteiger partial charge in [0.25, 0.3) is 0 Å². The zero-order valence-electron chi connectivity index (χ0n) is 17.1. The van der Waals surface area contributed by atoms with Gasteiger partial charge in [0.2, 0.25) is 5.91 Å². The van der Waals surface area contributed by atoms with Gasteiger partial charge in [-0.2, -0.15) is 0 Å². The van der Waals surface area contributed by atoms with E-state index in [0.717, 1.165) is 42.5 Å². The molecule has 1 aromatic heterocycles. The van der Waals surface area contributed by atoms with Crippen LogP contribution in [-0.2, 0) is 9.53 Å². The third-order valence-electron chi connectivity index (χ3n) is 5.43. The van der Waals surface area contributed by atoms with Crippen molar-refractivity contribution >= 4 is 28.9 Å². The second-order valence-corrected chi connectivity index (χ2v) is 8.64. The zero-order valence-corrected chi connectivity index (χ0v) is 17.9. The number of unbranched alkanes of at least 4 members (excludes halogenated alkanes) is 1. The van der Waals surface area contributed by atoms with Gasteiger partial charge in [0.05, 0.1) is 5.69 Å². The van der Waals surface area contributed by atoms with Crippen LogP contribution in [0.25, 0.3) is 10.4 Å². The van der Waals surface area contributed by atoms with E-state index in [-0.39, 0.29) is 22.7 Å². The molecule has 1 atom stereocenters. The monoisotopic (exact) mass is 415 g/mol. The molecule has 1 fully saturated rings. The molecule has 0 radical (unpaired) electrons. The summed E-state index contributed by atoms with van der Waals surface area (Å²) in [7, 11) is 0. The van der Waals surface area contributed by atoms with Gasteiger partial charge in [0, 0.05) is 30.1 Å². The van der Waals surface area contributed by atoms with Gasteiger partial charge in [-0.25, -0.2) is 4.79 Å². The zero-order chi connectivity index (χ0) is 20.8. The summed E-state index contributed by atoms with van der Waals surface area (Å²) in [6, 6.07) is 11.6. The van der Waals surface area contributed by atoms with Crippen LogP contribution in [0.3, 0.4) is 0 Å². The predicted molar refractivity (Wildman–Crippen MR) is 117 cm³/mol. The Morgan fingerprint density at radius 3 is 2.55 bits per heavy atom. The predicted octanol–water partition coefficient (Wildman–Crippen LogP) is 5.45. The molecule has 5 nitrogen and oxygen atoms in total. The van der Waals surface area contributed by atoms with E-state index in [4.69, 9.17) is 4.74 Å². The third-order valence-corrected chi connectivity index (χ3v) is 6.59. The van der Waals surface area contributed by atoms with E-state index in [0.29, 0.717) is 18.9 Å². The van der Waals surface area contributed by atoms with Crippen molar-refractivity contribution in [1.29, 1.82) is 0 Å². The SMILES string of the molecule is CCCCC(C)C(=O)N(c1cc(-c2ccccc2)sc1C(=O)O)C1CCOCC1. The fourth-order valence-electron chi connectivity index (χ4n) is 3.77. The molecule has 6 heteroatoms. The largest absolute Gasteiger partial charge is 0.477 e. The van der Waals surface area contributed by atoms with Crippen LogP contribution in [0.5, 0.6) is 0 Å². The van der Waals surface area contributed by atoms with E-state index in [1.807, 2.05) is 43.3 Å². The summed E-state index contributed by atoms with van der Waals surface area (Å²) >= 11 is 1.24. The highest BCUT2D eigenvalue weighted by molar-refractivity contribution is 7.18. The average molecular weight is 416 g/mol. The van der Waals surface area contributed by atoms with E-state index >= 15 is 0 Å². The molecule has 1 saturated heterocycles. The van der Waals surface area contributed by atoms with Crippen LogP contribution in [0.15, 0.2) is 36.4 Å². The van der Waals surface area contributed by atoms with Crippen LogP contribution >= 0.6 is 11.3 Å². The molecule has 29 heavy (non-hydrogen) atoms. The Balaban J connectivity index is 2.03. The number of thiophene rings is 1. The van der Waals surface area contributed by atoms with E-state index < -0.39 is 5.97 Å². The smallest absolute Gasteiger partial charge is 0.348 e. The maximum atomic E-state index is 13.5. The summed E-state index contributed by atoms with van der Waals surface area (Å²) in [5.74, 6) is -1.11. The molecule has 1 N–H and O–H groups in total. The summed E-state index contributed by atoms with van der Waals surface area (Å²) in [4.78, 5) is 28.4. The number of aromatic carboxylic acids is 1. The number of ether oxygens (including phenoxy) is 1. The number of carboxylic acids is 1. The molecule has 0 spiro atoms. The maximum absolute atomic E-state index is 13.5. The summed E-state index contributed by atoms with van der Waals surface area (Å²) in [6.45, 7) is 5.25. The summed E-state index contributed by atoms with van der Waals surface area (Å²) in [5, 5.41) is 9.88. The van der Waals surface area contributed by atoms with Crippen molar-refractivity contribution in [3.8, 4) is 10.4 Å². The van der Waals surface area contributed by atoms with Gasteiger partial charge in [-0.05, 0) is 30.9 Å². The van der Waals surface area contributed by atoms with Crippen molar-refractivity contribution < 1.29 is 19.4 Å². The van der Waals surface area contributed by atoms with Crippen LogP contribution < -0.4 is 4.90 Å². The van der Waals surface area contributed by atoms with Gasteiger partial charge in [0.15, 0.2) is 0 Å². The number of hydrogen-bond donors (Lipinski definition) is 1. The molecule has 2 aromatic rings. The van der Waals surface area contributed by atoms with Crippen molar-refractivity contribution in [3.63, 3.8) is 0 Å². The second kappa shape index (κ2) is 10.0. The lowest BCUT2D eigenvalue weighted by atomic mass is 9.98. The van der Waals surface area contributed by atoms with Gasteiger partial charge in [-0.15, -0.1) is 11.3 Å². The standard InChI is InChI=1S/C23H29NO4S/c1-3-4-8-16(2)22(25)24(18-11-13-28-14-12-18)19-15-20(29-21(19)23(26)27)17-9-6-5-7-10-17/h5-7,9-10,15-16,18H,3-4,8,11-14H2,1-2H3,(H,26,27). The number of amides is 1. The quantitative estimate of drug-likeness (QED) is 0.622. The first kappa shape index (κ1) is 21.5. The van der Waals surface area contributed by atoms with Crippen LogP contribution in [-0.4, -0.2) is 36.2 Å². The van der Waals surface area contributed by atoms with Gasteiger partial charge in [0.1, 0.15) is 4.88 Å². The lowest BCUT2D eigenvalue weighted by molar-refractivity contribution is -0.123. The molecule has 0 aliphatic carbocycles. The molecular formula is C23H29NO4S. The molecule has 2 heterocycles. The van der Waals surface area contributed by atoms with Crippen molar-refractivity contribution in [2.75, 3.05) is 18.1 Å². The number of anilines is 1. The molecule has 156 valence electrons. The number of carbonyl (C=O) groups excluding carboxylic acids is 1. The highest BCUT2D eigenvalue weighted by atomic mass is 32.1. The first-order valence-corrected chi connectivity index (χ1v) is 11.2. The average Bonchev–Trinajstić information content (AvgIpc) is 3.19. The van der Waals surface area contributed by atoms with E-state index in [1.54, 1.807) is 4.90 Å². The van der Waals surface area contributed by atoms with Crippen molar-refractivity contribution in [1.82, 2.24) is 0 Å². The molecule has 1 aliphatic rings. The van der Waals surface area contributed by atoms with Gasteiger partial charge < -0.3 is 14.7 Å². The number of rotatable bonds is 8. The molecule has 0 saturated carbocycles. The topological polar surface area (TPSA) is 66.8 Å². The Bertz CT molecular complexity index is 827. The first-order chi connectivity index (χ1) is 14.0. The van der Waals surface area contributed by atoms with E-state index in [1.165, 1.54) is 11.3 Å². The number of nitrogens with zero attached hydrogens (tertiary/aromatic N) is 1. The minimum Gasteiger partial charge on any atom is -0.477 e. The highest BCUT2D eigenvalue weighted by Gasteiger charge is 2.34. The number of carboxylic acid groups (broad SMARTS) is 1. The fourth-order valence-corrected chi connectivity index (χ4v) is 4.76. The lowest BCUT2D eigenvalue weighted by Gasteiger charge is -2.35. The molecule has 1 aromatic carbocycles. The number of hydrogen-bond acceptors (Lipinski definition) is 4. The Labute approximate surface area is 176 Å². The van der Waals surface area contributed by atoms with Crippen LogP contribution in [0.4, 0.5) is 5.69 Å². The van der Waals surface area contributed by atoms with Crippen molar-refractivity contribution in [3.05, 3.63) is 41.3 Å². The third kappa shape index (κ3) is 5.06. The van der Waals surface area contributed by atoms with Crippen LogP contribution in [0.2, 0.25) is 0 Å². The Morgan fingerprint density at radius 2 is 1.93 bits per heavy atom. The van der Waals surface area contributed by atoms with Gasteiger partial charge in [-0.1, -0.05) is 57.0 Å². The minimum atomic E-state index is -0.988. The summed E-state index contributed by atoms with van der Waals surface area (Å²) in [6.07, 6.45) is 4.28. The van der Waals surface area contributed by atoms with E-state index in [9.17, 15) is 14.7 Å². The molecule has 0 bridgehead atoms. The summed E-state index contributed by atoms with van der Waals surface area (Å²) < 4.78 is 5.49. The molecule has 1 unspecified atom stereocenters. The molecular weight excluding hydrogens is 386 g/mol. The fraction of sp³-hybridized carbons (Fsp3) is 0.478. The van der Waals surface area contributed by atoms with Crippen molar-refractivity contribution in [2.24, 2.45) is 5.92 Å².